The first-order valence-corrected chi connectivity index (χ1v) is 6.59. The maximum absolute atomic E-state index is 12.3. The van der Waals surface area contributed by atoms with Gasteiger partial charge in [0.1, 0.15) is 0 Å². The van der Waals surface area contributed by atoms with E-state index in [9.17, 15) is 4.79 Å². The Morgan fingerprint density at radius 2 is 2.24 bits per heavy atom. The zero-order chi connectivity index (χ0) is 12.4. The molecular weight excluding hydrogens is 257 g/mol. The number of halogens is 2. The van der Waals surface area contributed by atoms with Crippen molar-refractivity contribution in [2.24, 2.45) is 0 Å². The highest BCUT2D eigenvalue weighted by Gasteiger charge is 2.23. The second kappa shape index (κ2) is 5.28. The van der Waals surface area contributed by atoms with Crippen LogP contribution in [0.5, 0.6) is 0 Å². The monoisotopic (exact) mass is 271 g/mol. The molecule has 0 radical (unpaired) electrons. The standard InChI is InChI=1S/C13H15Cl2NO/c1-9-7-10(14)4-5-12(9)13(17)16-6-2-3-11(15)8-16/h4-5,7,11H,2-3,6,8H2,1H3. The Morgan fingerprint density at radius 3 is 2.88 bits per heavy atom. The molecular formula is C13H15Cl2NO. The number of benzene rings is 1. The van der Waals surface area contributed by atoms with Gasteiger partial charge in [0.2, 0.25) is 0 Å². The van der Waals surface area contributed by atoms with E-state index in [-0.39, 0.29) is 11.3 Å². The molecule has 0 saturated carbocycles. The minimum absolute atomic E-state index is 0.0597. The lowest BCUT2D eigenvalue weighted by Gasteiger charge is -2.30. The average Bonchev–Trinajstić information content (AvgIpc) is 2.28. The first kappa shape index (κ1) is 12.7. The first-order valence-electron chi connectivity index (χ1n) is 5.77. The van der Waals surface area contributed by atoms with Gasteiger partial charge in [0.05, 0.1) is 5.38 Å². The molecule has 92 valence electrons. The summed E-state index contributed by atoms with van der Waals surface area (Å²) in [6.45, 7) is 3.34. The molecule has 1 aromatic rings. The van der Waals surface area contributed by atoms with Crippen molar-refractivity contribution in [1.29, 1.82) is 0 Å². The number of piperidine rings is 1. The molecule has 2 rings (SSSR count). The molecule has 1 heterocycles. The molecule has 1 atom stereocenters. The molecule has 1 saturated heterocycles. The van der Waals surface area contributed by atoms with E-state index < -0.39 is 0 Å². The van der Waals surface area contributed by atoms with Crippen LogP contribution in [-0.2, 0) is 0 Å². The molecule has 1 aliphatic rings. The van der Waals surface area contributed by atoms with Gasteiger partial charge in [0.15, 0.2) is 0 Å². The number of hydrogen-bond acceptors (Lipinski definition) is 1. The predicted molar refractivity (Wildman–Crippen MR) is 71.0 cm³/mol. The third-order valence-electron chi connectivity index (χ3n) is 3.07. The number of likely N-dealkylation sites (tertiary alicyclic amines) is 1. The summed E-state index contributed by atoms with van der Waals surface area (Å²) in [6, 6.07) is 5.36. The van der Waals surface area contributed by atoms with Crippen LogP contribution in [0.15, 0.2) is 18.2 Å². The lowest BCUT2D eigenvalue weighted by atomic mass is 10.1. The van der Waals surface area contributed by atoms with Gasteiger partial charge >= 0.3 is 0 Å². The van der Waals surface area contributed by atoms with Crippen LogP contribution in [0, 0.1) is 6.92 Å². The summed E-state index contributed by atoms with van der Waals surface area (Å²) in [4.78, 5) is 14.1. The van der Waals surface area contributed by atoms with Crippen LogP contribution in [0.2, 0.25) is 5.02 Å². The van der Waals surface area contributed by atoms with Crippen molar-refractivity contribution < 1.29 is 4.79 Å². The van der Waals surface area contributed by atoms with Gasteiger partial charge in [-0.3, -0.25) is 4.79 Å². The fourth-order valence-corrected chi connectivity index (χ4v) is 2.69. The van der Waals surface area contributed by atoms with Gasteiger partial charge in [0, 0.05) is 23.7 Å². The molecule has 2 nitrogen and oxygen atoms in total. The van der Waals surface area contributed by atoms with E-state index in [4.69, 9.17) is 23.2 Å². The molecule has 1 amide bonds. The molecule has 0 aliphatic carbocycles. The highest BCUT2D eigenvalue weighted by Crippen LogP contribution is 2.21. The van der Waals surface area contributed by atoms with Crippen LogP contribution in [-0.4, -0.2) is 29.3 Å². The summed E-state index contributed by atoms with van der Waals surface area (Å²) in [5.41, 5.74) is 1.64. The van der Waals surface area contributed by atoms with E-state index in [1.54, 1.807) is 12.1 Å². The molecule has 4 heteroatoms. The van der Waals surface area contributed by atoms with Gasteiger partial charge in [-0.2, -0.15) is 0 Å². The molecule has 0 N–H and O–H groups in total. The van der Waals surface area contributed by atoms with Crippen LogP contribution in [0.1, 0.15) is 28.8 Å². The van der Waals surface area contributed by atoms with Crippen molar-refractivity contribution in [2.75, 3.05) is 13.1 Å². The van der Waals surface area contributed by atoms with E-state index in [1.165, 1.54) is 0 Å². The predicted octanol–water partition coefficient (Wildman–Crippen LogP) is 3.49. The second-order valence-electron chi connectivity index (χ2n) is 4.45. The van der Waals surface area contributed by atoms with Gasteiger partial charge in [-0.05, 0) is 43.5 Å². The van der Waals surface area contributed by atoms with Gasteiger partial charge in [-0.25, -0.2) is 0 Å². The average molecular weight is 272 g/mol. The molecule has 17 heavy (non-hydrogen) atoms. The van der Waals surface area contributed by atoms with Crippen LogP contribution in [0.4, 0.5) is 0 Å². The van der Waals surface area contributed by atoms with E-state index in [1.807, 2.05) is 17.9 Å². The summed E-state index contributed by atoms with van der Waals surface area (Å²) in [6.07, 6.45) is 1.97. The number of carbonyl (C=O) groups is 1. The maximum Gasteiger partial charge on any atom is 0.254 e. The lowest BCUT2D eigenvalue weighted by molar-refractivity contribution is 0.0726. The summed E-state index contributed by atoms with van der Waals surface area (Å²) in [5.74, 6) is 0.0597. The van der Waals surface area contributed by atoms with Crippen molar-refractivity contribution in [3.05, 3.63) is 34.3 Å². The minimum Gasteiger partial charge on any atom is -0.337 e. The Hall–Kier alpha value is -0.730. The van der Waals surface area contributed by atoms with Crippen molar-refractivity contribution in [1.82, 2.24) is 4.90 Å². The number of hydrogen-bond donors (Lipinski definition) is 0. The van der Waals surface area contributed by atoms with Gasteiger partial charge in [-0.1, -0.05) is 11.6 Å². The molecule has 0 bridgehead atoms. The summed E-state index contributed by atoms with van der Waals surface area (Å²) >= 11 is 12.0. The number of alkyl halides is 1. The molecule has 0 aromatic heterocycles. The van der Waals surface area contributed by atoms with E-state index in [0.717, 1.165) is 30.5 Å². The van der Waals surface area contributed by atoms with Crippen molar-refractivity contribution in [2.45, 2.75) is 25.1 Å². The maximum atomic E-state index is 12.3. The van der Waals surface area contributed by atoms with Crippen LogP contribution < -0.4 is 0 Å². The Bertz CT molecular complexity index is 433. The van der Waals surface area contributed by atoms with E-state index >= 15 is 0 Å². The van der Waals surface area contributed by atoms with Crippen LogP contribution in [0.25, 0.3) is 0 Å². The number of rotatable bonds is 1. The molecule has 1 unspecified atom stereocenters. The van der Waals surface area contributed by atoms with Crippen molar-refractivity contribution in [3.63, 3.8) is 0 Å². The SMILES string of the molecule is Cc1cc(Cl)ccc1C(=O)N1CCCC(Cl)C1. The highest BCUT2D eigenvalue weighted by molar-refractivity contribution is 6.30. The highest BCUT2D eigenvalue weighted by atomic mass is 35.5. The summed E-state index contributed by atoms with van der Waals surface area (Å²) in [7, 11) is 0. The van der Waals surface area contributed by atoms with Crippen molar-refractivity contribution in [3.8, 4) is 0 Å². The molecule has 0 spiro atoms. The quantitative estimate of drug-likeness (QED) is 0.716. The van der Waals surface area contributed by atoms with Gasteiger partial charge < -0.3 is 4.90 Å². The zero-order valence-electron chi connectivity index (χ0n) is 9.75. The topological polar surface area (TPSA) is 20.3 Å². The number of carbonyl (C=O) groups excluding carboxylic acids is 1. The minimum atomic E-state index is 0.0597. The fourth-order valence-electron chi connectivity index (χ4n) is 2.15. The number of aryl methyl sites for hydroxylation is 1. The smallest absolute Gasteiger partial charge is 0.254 e. The third-order valence-corrected chi connectivity index (χ3v) is 3.66. The van der Waals surface area contributed by atoms with E-state index in [0.29, 0.717) is 11.6 Å². The normalized spacial score (nSPS) is 20.4. The van der Waals surface area contributed by atoms with E-state index in [2.05, 4.69) is 0 Å². The third kappa shape index (κ3) is 2.93. The summed E-state index contributed by atoms with van der Waals surface area (Å²) < 4.78 is 0. The van der Waals surface area contributed by atoms with Crippen LogP contribution in [0.3, 0.4) is 0 Å². The lowest BCUT2D eigenvalue weighted by Crippen LogP contribution is -2.40. The van der Waals surface area contributed by atoms with Gasteiger partial charge in [0.25, 0.3) is 5.91 Å². The number of nitrogens with zero attached hydrogens (tertiary/aromatic N) is 1. The largest absolute Gasteiger partial charge is 0.337 e. The Kier molecular flexibility index (Phi) is 3.95. The van der Waals surface area contributed by atoms with Crippen LogP contribution >= 0.6 is 23.2 Å². The molecule has 1 aromatic carbocycles. The summed E-state index contributed by atoms with van der Waals surface area (Å²) in [5, 5.41) is 0.744. The number of amides is 1. The zero-order valence-corrected chi connectivity index (χ0v) is 11.3. The Balaban J connectivity index is 2.18. The first-order chi connectivity index (χ1) is 8.08. The van der Waals surface area contributed by atoms with Crippen molar-refractivity contribution >= 4 is 29.1 Å². The molecule has 1 fully saturated rings. The Labute approximate surface area is 112 Å². The Morgan fingerprint density at radius 1 is 1.47 bits per heavy atom. The molecule has 1 aliphatic heterocycles. The fraction of sp³-hybridized carbons (Fsp3) is 0.462. The van der Waals surface area contributed by atoms with Gasteiger partial charge in [-0.15, -0.1) is 11.6 Å². The second-order valence-corrected chi connectivity index (χ2v) is 5.50.